The number of aromatic amines is 1. The molecule has 1 aromatic carbocycles. The molecule has 0 aliphatic carbocycles. The fourth-order valence-corrected chi connectivity index (χ4v) is 4.24. The highest BCUT2D eigenvalue weighted by Crippen LogP contribution is 2.19. The van der Waals surface area contributed by atoms with Crippen LogP contribution in [0.4, 0.5) is 0 Å². The molecule has 1 heterocycles. The number of hydrogen-bond donors (Lipinski definition) is 8. The molecule has 1 aromatic heterocycles. The molecule has 4 amide bonds. The third kappa shape index (κ3) is 9.65. The van der Waals surface area contributed by atoms with Crippen LogP contribution in [-0.4, -0.2) is 70.4 Å². The van der Waals surface area contributed by atoms with Crippen molar-refractivity contribution in [2.24, 2.45) is 23.1 Å². The van der Waals surface area contributed by atoms with Crippen molar-refractivity contribution < 1.29 is 29.1 Å². The summed E-state index contributed by atoms with van der Waals surface area (Å²) < 4.78 is 0. The molecule has 0 bridgehead atoms. The number of primary amides is 1. The van der Waals surface area contributed by atoms with Gasteiger partial charge < -0.3 is 43.2 Å². The summed E-state index contributed by atoms with van der Waals surface area (Å²) in [5, 5.41) is 18.2. The maximum absolute atomic E-state index is 13.5. The third-order valence-corrected chi connectivity index (χ3v) is 6.58. The minimum atomic E-state index is -1.19. The number of unbranched alkanes of at least 4 members (excludes halogenated alkanes) is 1. The first-order valence-electron chi connectivity index (χ1n) is 13.4. The van der Waals surface area contributed by atoms with E-state index in [1.54, 1.807) is 20.0 Å². The lowest BCUT2D eigenvalue weighted by Crippen LogP contribution is -2.58. The minimum Gasteiger partial charge on any atom is -0.480 e. The zero-order chi connectivity index (χ0) is 29.8. The summed E-state index contributed by atoms with van der Waals surface area (Å²) in [5.41, 5.74) is 18.2. The molecule has 4 atom stereocenters. The lowest BCUT2D eigenvalue weighted by atomic mass is 9.99. The number of benzene rings is 1. The zero-order valence-corrected chi connectivity index (χ0v) is 22.9. The van der Waals surface area contributed by atoms with E-state index in [2.05, 4.69) is 20.9 Å². The van der Waals surface area contributed by atoms with Crippen molar-refractivity contribution in [3.8, 4) is 0 Å². The number of para-hydroxylation sites is 1. The number of nitrogens with one attached hydrogen (secondary N) is 4. The summed E-state index contributed by atoms with van der Waals surface area (Å²) in [6, 6.07) is 3.03. The van der Waals surface area contributed by atoms with E-state index in [9.17, 15) is 29.1 Å². The van der Waals surface area contributed by atoms with Gasteiger partial charge in [-0.1, -0.05) is 32.0 Å². The van der Waals surface area contributed by atoms with Crippen molar-refractivity contribution in [1.29, 1.82) is 0 Å². The molecule has 220 valence electrons. The van der Waals surface area contributed by atoms with E-state index in [0.29, 0.717) is 19.4 Å². The highest BCUT2D eigenvalue weighted by atomic mass is 16.4. The summed E-state index contributed by atoms with van der Waals surface area (Å²) in [4.78, 5) is 65.4. The van der Waals surface area contributed by atoms with Crippen molar-refractivity contribution in [1.82, 2.24) is 20.9 Å². The number of hydrogen-bond acceptors (Lipinski definition) is 7. The Hall–Kier alpha value is -3.97. The van der Waals surface area contributed by atoms with Crippen molar-refractivity contribution >= 4 is 40.5 Å². The smallest absolute Gasteiger partial charge is 0.326 e. The van der Waals surface area contributed by atoms with E-state index in [-0.39, 0.29) is 25.7 Å². The van der Waals surface area contributed by atoms with Gasteiger partial charge in [0.25, 0.3) is 0 Å². The number of carboxylic acid groups (broad SMARTS) is 1. The molecule has 0 spiro atoms. The van der Waals surface area contributed by atoms with Gasteiger partial charge in [-0.05, 0) is 49.8 Å². The van der Waals surface area contributed by atoms with E-state index in [1.165, 1.54) is 0 Å². The predicted octanol–water partition coefficient (Wildman–Crippen LogP) is -0.373. The zero-order valence-electron chi connectivity index (χ0n) is 22.9. The minimum absolute atomic E-state index is 0.000346. The first kappa shape index (κ1) is 32.2. The Balaban J connectivity index is 2.24. The van der Waals surface area contributed by atoms with Gasteiger partial charge in [0.15, 0.2) is 0 Å². The highest BCUT2D eigenvalue weighted by Gasteiger charge is 2.32. The molecule has 0 aliphatic heterocycles. The second kappa shape index (κ2) is 15.6. The van der Waals surface area contributed by atoms with E-state index >= 15 is 0 Å². The Morgan fingerprint density at radius 2 is 1.60 bits per heavy atom. The quantitative estimate of drug-likeness (QED) is 0.119. The number of aliphatic carboxylic acids is 1. The topological polar surface area (TPSA) is 236 Å². The van der Waals surface area contributed by atoms with Crippen molar-refractivity contribution in [2.75, 3.05) is 6.54 Å². The molecule has 2 rings (SSSR count). The van der Waals surface area contributed by atoms with Crippen LogP contribution in [0.5, 0.6) is 0 Å². The van der Waals surface area contributed by atoms with Gasteiger partial charge in [-0.2, -0.15) is 0 Å². The lowest BCUT2D eigenvalue weighted by molar-refractivity contribution is -0.142. The molecule has 0 saturated heterocycles. The molecule has 0 saturated carbocycles. The largest absolute Gasteiger partial charge is 0.480 e. The summed E-state index contributed by atoms with van der Waals surface area (Å²) in [5.74, 6) is -4.15. The monoisotopic (exact) mass is 559 g/mol. The van der Waals surface area contributed by atoms with E-state index in [1.807, 2.05) is 24.3 Å². The van der Waals surface area contributed by atoms with Crippen molar-refractivity contribution in [2.45, 2.75) is 76.5 Å². The first-order chi connectivity index (χ1) is 18.9. The van der Waals surface area contributed by atoms with Gasteiger partial charge in [0.1, 0.15) is 18.1 Å². The van der Waals surface area contributed by atoms with Crippen LogP contribution in [0.3, 0.4) is 0 Å². The van der Waals surface area contributed by atoms with Crippen LogP contribution < -0.4 is 33.2 Å². The van der Waals surface area contributed by atoms with Gasteiger partial charge in [0, 0.05) is 29.9 Å². The standard InChI is InChI=1S/C27H41N7O6/c1-15(2)23(26(38)32-20(27(39)40)9-5-6-12-28)34-25(37)21(33-24(36)18(29)10-11-22(30)35)13-16-14-31-19-8-4-3-7-17(16)19/h3-4,7-8,14-15,18,20-21,23,31H,5-6,9-13,28-29H2,1-2H3,(H2,30,35)(H,32,38)(H,33,36)(H,34,37)(H,39,40). The van der Waals surface area contributed by atoms with E-state index in [4.69, 9.17) is 17.2 Å². The number of rotatable bonds is 17. The summed E-state index contributed by atoms with van der Waals surface area (Å²) in [6.45, 7) is 3.82. The van der Waals surface area contributed by atoms with Crippen LogP contribution in [0, 0.1) is 5.92 Å². The van der Waals surface area contributed by atoms with Gasteiger partial charge in [-0.25, -0.2) is 4.79 Å². The molecule has 13 heteroatoms. The summed E-state index contributed by atoms with van der Waals surface area (Å²) >= 11 is 0. The number of amides is 4. The Bertz CT molecular complexity index is 1180. The van der Waals surface area contributed by atoms with Gasteiger partial charge in [0.05, 0.1) is 6.04 Å². The van der Waals surface area contributed by atoms with Crippen LogP contribution in [-0.2, 0) is 30.4 Å². The SMILES string of the molecule is CC(C)C(NC(=O)C(Cc1c[nH]c2ccccc12)NC(=O)C(N)CCC(N)=O)C(=O)NC(CCCCN)C(=O)O. The molecule has 4 unspecified atom stereocenters. The van der Waals surface area contributed by atoms with Crippen molar-refractivity contribution in [3.05, 3.63) is 36.0 Å². The maximum atomic E-state index is 13.5. The summed E-state index contributed by atoms with van der Waals surface area (Å²) in [6.07, 6.45) is 3.03. The Kier molecular flexibility index (Phi) is 12.6. The molecule has 40 heavy (non-hydrogen) atoms. The van der Waals surface area contributed by atoms with E-state index in [0.717, 1.165) is 16.5 Å². The number of fused-ring (bicyclic) bond motifs is 1. The Labute approximate surface area is 233 Å². The number of H-pyrrole nitrogens is 1. The molecular weight excluding hydrogens is 518 g/mol. The fourth-order valence-electron chi connectivity index (χ4n) is 4.24. The second-order valence-corrected chi connectivity index (χ2v) is 10.2. The molecule has 11 N–H and O–H groups in total. The average Bonchev–Trinajstić information content (AvgIpc) is 3.31. The van der Waals surface area contributed by atoms with E-state index < -0.39 is 59.7 Å². The number of carbonyl (C=O) groups is 5. The average molecular weight is 560 g/mol. The summed E-state index contributed by atoms with van der Waals surface area (Å²) in [7, 11) is 0. The van der Waals surface area contributed by atoms with Crippen LogP contribution in [0.25, 0.3) is 10.9 Å². The van der Waals surface area contributed by atoms with Gasteiger partial charge in [-0.15, -0.1) is 0 Å². The molecule has 2 aromatic rings. The lowest BCUT2D eigenvalue weighted by Gasteiger charge is -2.27. The number of carboxylic acids is 1. The second-order valence-electron chi connectivity index (χ2n) is 10.2. The Morgan fingerprint density at radius 1 is 0.925 bits per heavy atom. The third-order valence-electron chi connectivity index (χ3n) is 6.58. The molecule has 0 radical (unpaired) electrons. The predicted molar refractivity (Wildman–Crippen MR) is 150 cm³/mol. The first-order valence-corrected chi connectivity index (χ1v) is 13.4. The van der Waals surface area contributed by atoms with Gasteiger partial charge >= 0.3 is 5.97 Å². The van der Waals surface area contributed by atoms with Crippen LogP contribution in [0.1, 0.15) is 51.5 Å². The van der Waals surface area contributed by atoms with Crippen molar-refractivity contribution in [3.63, 3.8) is 0 Å². The highest BCUT2D eigenvalue weighted by molar-refractivity contribution is 5.95. The van der Waals surface area contributed by atoms with Crippen LogP contribution in [0.2, 0.25) is 0 Å². The van der Waals surface area contributed by atoms with Crippen LogP contribution in [0.15, 0.2) is 30.5 Å². The Morgan fingerprint density at radius 3 is 2.23 bits per heavy atom. The number of nitrogens with two attached hydrogens (primary N) is 3. The fraction of sp³-hybridized carbons (Fsp3) is 0.519. The molecule has 0 aliphatic rings. The molecule has 0 fully saturated rings. The van der Waals surface area contributed by atoms with Gasteiger partial charge in [0.2, 0.25) is 23.6 Å². The number of aromatic nitrogens is 1. The van der Waals surface area contributed by atoms with Gasteiger partial charge in [-0.3, -0.25) is 19.2 Å². The number of carbonyl (C=O) groups excluding carboxylic acids is 4. The normalized spacial score (nSPS) is 14.2. The maximum Gasteiger partial charge on any atom is 0.326 e. The molecular formula is C27H41N7O6. The molecule has 13 nitrogen and oxygen atoms in total. The van der Waals surface area contributed by atoms with Crippen LogP contribution >= 0.6 is 0 Å².